The molecule has 1 heterocycles. The minimum atomic E-state index is -1.60. The number of aromatic hydroxyl groups is 1. The molecule has 0 aromatic heterocycles. The lowest BCUT2D eigenvalue weighted by Gasteiger charge is -2.36. The number of aliphatic hydroxyl groups is 1. The van der Waals surface area contributed by atoms with Crippen LogP contribution in [0.2, 0.25) is 0 Å². The van der Waals surface area contributed by atoms with E-state index in [0.29, 0.717) is 13.1 Å². The summed E-state index contributed by atoms with van der Waals surface area (Å²) in [7, 11) is 0. The van der Waals surface area contributed by atoms with Crippen molar-refractivity contribution in [1.29, 1.82) is 0 Å². The fourth-order valence-corrected chi connectivity index (χ4v) is 2.04. The van der Waals surface area contributed by atoms with Gasteiger partial charge in [-0.15, -0.1) is 0 Å². The van der Waals surface area contributed by atoms with Crippen LogP contribution in [0.5, 0.6) is 5.75 Å². The Bertz CT molecular complexity index is 424. The predicted molar refractivity (Wildman–Crippen MR) is 62.1 cm³/mol. The molecule has 5 heteroatoms. The highest BCUT2D eigenvalue weighted by Gasteiger charge is 2.39. The van der Waals surface area contributed by atoms with Gasteiger partial charge in [-0.3, -0.25) is 0 Å². The van der Waals surface area contributed by atoms with Crippen molar-refractivity contribution >= 4 is 11.7 Å². The van der Waals surface area contributed by atoms with Crippen molar-refractivity contribution in [3.8, 4) is 5.75 Å². The molecule has 1 fully saturated rings. The Morgan fingerprint density at radius 1 is 1.29 bits per heavy atom. The number of phenolic OH excluding ortho intramolecular Hbond substituents is 1. The van der Waals surface area contributed by atoms with E-state index in [2.05, 4.69) is 0 Å². The molecule has 0 spiro atoms. The third kappa shape index (κ3) is 2.34. The molecular formula is C12H15NO4. The fourth-order valence-electron chi connectivity index (χ4n) is 2.04. The smallest absolute Gasteiger partial charge is 0.335 e. The highest BCUT2D eigenvalue weighted by atomic mass is 16.4. The monoisotopic (exact) mass is 237 g/mol. The molecule has 5 nitrogen and oxygen atoms in total. The highest BCUT2D eigenvalue weighted by molar-refractivity contribution is 5.77. The Hall–Kier alpha value is -1.75. The molecule has 1 saturated heterocycles. The first-order chi connectivity index (χ1) is 8.01. The van der Waals surface area contributed by atoms with Crippen LogP contribution in [0.15, 0.2) is 24.3 Å². The SMILES string of the molecule is O=C(O)C1(O)CCN(c2cccc(O)c2)CC1. The largest absolute Gasteiger partial charge is 0.508 e. The number of rotatable bonds is 2. The van der Waals surface area contributed by atoms with Crippen LogP contribution >= 0.6 is 0 Å². The number of anilines is 1. The second-order valence-electron chi connectivity index (χ2n) is 4.34. The van der Waals surface area contributed by atoms with E-state index in [1.165, 1.54) is 0 Å². The summed E-state index contributed by atoms with van der Waals surface area (Å²) >= 11 is 0. The maximum atomic E-state index is 10.9. The van der Waals surface area contributed by atoms with Gasteiger partial charge >= 0.3 is 5.97 Å². The lowest BCUT2D eigenvalue weighted by Crippen LogP contribution is -2.49. The number of carboxylic acid groups (broad SMARTS) is 1. The van der Waals surface area contributed by atoms with E-state index in [4.69, 9.17) is 5.11 Å². The molecule has 17 heavy (non-hydrogen) atoms. The third-order valence-corrected chi connectivity index (χ3v) is 3.18. The zero-order chi connectivity index (χ0) is 12.5. The van der Waals surface area contributed by atoms with Crippen LogP contribution < -0.4 is 4.90 Å². The van der Waals surface area contributed by atoms with Crippen LogP contribution in [-0.2, 0) is 4.79 Å². The zero-order valence-corrected chi connectivity index (χ0v) is 9.33. The van der Waals surface area contributed by atoms with Crippen molar-refractivity contribution in [2.24, 2.45) is 0 Å². The normalized spacial score (nSPS) is 19.0. The van der Waals surface area contributed by atoms with E-state index < -0.39 is 11.6 Å². The second-order valence-corrected chi connectivity index (χ2v) is 4.34. The Labute approximate surface area is 98.9 Å². The molecule has 0 unspecified atom stereocenters. The van der Waals surface area contributed by atoms with E-state index in [-0.39, 0.29) is 18.6 Å². The van der Waals surface area contributed by atoms with Gasteiger partial charge in [-0.05, 0) is 12.1 Å². The first-order valence-electron chi connectivity index (χ1n) is 5.51. The van der Waals surface area contributed by atoms with Gasteiger partial charge in [0.05, 0.1) is 0 Å². The molecule has 0 amide bonds. The highest BCUT2D eigenvalue weighted by Crippen LogP contribution is 2.28. The first kappa shape index (κ1) is 11.7. The number of hydrogen-bond acceptors (Lipinski definition) is 4. The summed E-state index contributed by atoms with van der Waals surface area (Å²) in [6.07, 6.45) is 0.385. The van der Waals surface area contributed by atoms with Crippen molar-refractivity contribution in [1.82, 2.24) is 0 Å². The number of phenols is 1. The Morgan fingerprint density at radius 3 is 2.47 bits per heavy atom. The average Bonchev–Trinajstić information content (AvgIpc) is 2.30. The molecule has 0 radical (unpaired) electrons. The first-order valence-corrected chi connectivity index (χ1v) is 5.51. The van der Waals surface area contributed by atoms with Crippen LogP contribution in [-0.4, -0.2) is 40.0 Å². The zero-order valence-electron chi connectivity index (χ0n) is 9.33. The topological polar surface area (TPSA) is 81.0 Å². The van der Waals surface area contributed by atoms with E-state index in [1.54, 1.807) is 18.2 Å². The molecule has 0 aliphatic carbocycles. The number of nitrogens with zero attached hydrogens (tertiary/aromatic N) is 1. The van der Waals surface area contributed by atoms with Crippen molar-refractivity contribution in [2.75, 3.05) is 18.0 Å². The van der Waals surface area contributed by atoms with Crippen LogP contribution in [0.4, 0.5) is 5.69 Å². The minimum absolute atomic E-state index is 0.182. The summed E-state index contributed by atoms with van der Waals surface area (Å²) in [5, 5.41) is 28.0. The van der Waals surface area contributed by atoms with Crippen molar-refractivity contribution < 1.29 is 20.1 Å². The second kappa shape index (κ2) is 4.25. The van der Waals surface area contributed by atoms with Gasteiger partial charge < -0.3 is 20.2 Å². The predicted octanol–water partition coefficient (Wildman–Crippen LogP) is 0.808. The van der Waals surface area contributed by atoms with Crippen LogP contribution in [0.25, 0.3) is 0 Å². The van der Waals surface area contributed by atoms with Crippen LogP contribution in [0.1, 0.15) is 12.8 Å². The number of carbonyl (C=O) groups is 1. The number of benzene rings is 1. The van der Waals surface area contributed by atoms with Crippen molar-refractivity contribution in [3.05, 3.63) is 24.3 Å². The lowest BCUT2D eigenvalue weighted by atomic mass is 9.91. The number of carboxylic acids is 1. The number of hydrogen-bond donors (Lipinski definition) is 3. The number of piperidine rings is 1. The van der Waals surface area contributed by atoms with Crippen LogP contribution in [0.3, 0.4) is 0 Å². The summed E-state index contributed by atoms with van der Waals surface area (Å²) < 4.78 is 0. The molecule has 0 atom stereocenters. The molecule has 3 N–H and O–H groups in total. The van der Waals surface area contributed by atoms with E-state index in [9.17, 15) is 15.0 Å². The van der Waals surface area contributed by atoms with E-state index >= 15 is 0 Å². The number of aliphatic carboxylic acids is 1. The average molecular weight is 237 g/mol. The Balaban J connectivity index is 2.07. The molecule has 0 saturated carbocycles. The van der Waals surface area contributed by atoms with Gasteiger partial charge in [-0.2, -0.15) is 0 Å². The molecule has 2 rings (SSSR count). The summed E-state index contributed by atoms with van der Waals surface area (Å²) in [5.41, 5.74) is -0.759. The molecule has 92 valence electrons. The quantitative estimate of drug-likeness (QED) is 0.709. The lowest BCUT2D eigenvalue weighted by molar-refractivity contribution is -0.160. The van der Waals surface area contributed by atoms with Gasteiger partial charge in [0.1, 0.15) is 5.75 Å². The summed E-state index contributed by atoms with van der Waals surface area (Å²) in [6, 6.07) is 6.81. The molecular weight excluding hydrogens is 222 g/mol. The molecule has 1 aromatic carbocycles. The van der Waals surface area contributed by atoms with Gasteiger partial charge in [-0.1, -0.05) is 6.07 Å². The summed E-state index contributed by atoms with van der Waals surface area (Å²) in [4.78, 5) is 12.8. The summed E-state index contributed by atoms with van der Waals surface area (Å²) in [5.74, 6) is -0.977. The van der Waals surface area contributed by atoms with Gasteiger partial charge in [0, 0.05) is 37.7 Å². The van der Waals surface area contributed by atoms with Crippen molar-refractivity contribution in [3.63, 3.8) is 0 Å². The third-order valence-electron chi connectivity index (χ3n) is 3.18. The molecule has 1 aromatic rings. The Kier molecular flexibility index (Phi) is 2.93. The standard InChI is InChI=1S/C12H15NO4/c14-10-3-1-2-9(8-10)13-6-4-12(17,5-7-13)11(15)16/h1-3,8,14,17H,4-7H2,(H,15,16). The van der Waals surface area contributed by atoms with Gasteiger partial charge in [0.2, 0.25) is 0 Å². The molecule has 1 aliphatic heterocycles. The summed E-state index contributed by atoms with van der Waals surface area (Å²) in [6.45, 7) is 0.929. The van der Waals surface area contributed by atoms with Gasteiger partial charge in [-0.25, -0.2) is 4.79 Å². The maximum absolute atomic E-state index is 10.9. The minimum Gasteiger partial charge on any atom is -0.508 e. The fraction of sp³-hybridized carbons (Fsp3) is 0.417. The van der Waals surface area contributed by atoms with Gasteiger partial charge in [0.15, 0.2) is 5.60 Å². The Morgan fingerprint density at radius 2 is 1.94 bits per heavy atom. The molecule has 1 aliphatic rings. The van der Waals surface area contributed by atoms with Gasteiger partial charge in [0.25, 0.3) is 0 Å². The molecule has 0 bridgehead atoms. The van der Waals surface area contributed by atoms with Crippen molar-refractivity contribution in [2.45, 2.75) is 18.4 Å². The van der Waals surface area contributed by atoms with E-state index in [1.807, 2.05) is 11.0 Å². The maximum Gasteiger partial charge on any atom is 0.335 e. The van der Waals surface area contributed by atoms with Crippen LogP contribution in [0, 0.1) is 0 Å². The van der Waals surface area contributed by atoms with E-state index in [0.717, 1.165) is 5.69 Å².